The molecule has 1 aliphatic heterocycles. The molecule has 1 aliphatic rings. The highest BCUT2D eigenvalue weighted by Crippen LogP contribution is 2.23. The van der Waals surface area contributed by atoms with Crippen LogP contribution in [0.4, 0.5) is 5.13 Å². The largest absolute Gasteiger partial charge is 0.313 e. The smallest absolute Gasteiger partial charge is 0.225 e. The highest BCUT2D eigenvalue weighted by atomic mass is 32.1. The third kappa shape index (κ3) is 3.28. The van der Waals surface area contributed by atoms with Crippen LogP contribution in [-0.4, -0.2) is 43.6 Å². The number of carbonyl (C=O) groups is 1. The zero-order valence-corrected chi connectivity index (χ0v) is 14.6. The van der Waals surface area contributed by atoms with Gasteiger partial charge in [-0.05, 0) is 6.92 Å². The molecular formula is C15H22N6OS. The molecule has 2 aromatic rings. The summed E-state index contributed by atoms with van der Waals surface area (Å²) in [4.78, 5) is 20.2. The summed E-state index contributed by atoms with van der Waals surface area (Å²) >= 11 is 1.53. The molecule has 0 aliphatic carbocycles. The van der Waals surface area contributed by atoms with Gasteiger partial charge in [0, 0.05) is 44.9 Å². The summed E-state index contributed by atoms with van der Waals surface area (Å²) in [6, 6.07) is 0. The van der Waals surface area contributed by atoms with Gasteiger partial charge in [0.15, 0.2) is 5.13 Å². The van der Waals surface area contributed by atoms with E-state index in [1.165, 1.54) is 11.3 Å². The molecule has 2 aromatic heterocycles. The lowest BCUT2D eigenvalue weighted by molar-refractivity contribution is -0.116. The van der Waals surface area contributed by atoms with E-state index < -0.39 is 0 Å². The van der Waals surface area contributed by atoms with Gasteiger partial charge >= 0.3 is 0 Å². The van der Waals surface area contributed by atoms with Crippen LogP contribution in [0.25, 0.3) is 0 Å². The van der Waals surface area contributed by atoms with Crippen molar-refractivity contribution in [1.82, 2.24) is 24.6 Å². The van der Waals surface area contributed by atoms with Gasteiger partial charge < -0.3 is 4.57 Å². The summed E-state index contributed by atoms with van der Waals surface area (Å²) in [7, 11) is 0. The van der Waals surface area contributed by atoms with Crippen LogP contribution in [0.5, 0.6) is 0 Å². The van der Waals surface area contributed by atoms with Gasteiger partial charge in [-0.15, -0.1) is 21.5 Å². The number of rotatable bonds is 5. The molecule has 8 heteroatoms. The van der Waals surface area contributed by atoms with Gasteiger partial charge in [0.05, 0.1) is 12.2 Å². The fraction of sp³-hybridized carbons (Fsp3) is 0.600. The number of carbonyl (C=O) groups excluding carboxylic acids is 1. The van der Waals surface area contributed by atoms with Crippen molar-refractivity contribution in [2.75, 3.05) is 18.0 Å². The summed E-state index contributed by atoms with van der Waals surface area (Å²) in [5, 5.41) is 11.4. The maximum atomic E-state index is 11.6. The molecule has 1 amide bonds. The van der Waals surface area contributed by atoms with Crippen LogP contribution in [0.1, 0.15) is 38.1 Å². The molecule has 0 saturated heterocycles. The minimum absolute atomic E-state index is 0.0339. The Labute approximate surface area is 140 Å². The Morgan fingerprint density at radius 2 is 2.17 bits per heavy atom. The molecule has 124 valence electrons. The molecule has 0 atom stereocenters. The number of aryl methyl sites for hydroxylation is 1. The third-order valence-corrected chi connectivity index (χ3v) is 4.99. The van der Waals surface area contributed by atoms with Crippen LogP contribution in [-0.2, 0) is 30.8 Å². The fourth-order valence-corrected chi connectivity index (χ4v) is 3.80. The quantitative estimate of drug-likeness (QED) is 0.832. The maximum absolute atomic E-state index is 11.6. The van der Waals surface area contributed by atoms with Crippen molar-refractivity contribution in [2.45, 2.75) is 46.8 Å². The van der Waals surface area contributed by atoms with E-state index in [0.717, 1.165) is 55.1 Å². The van der Waals surface area contributed by atoms with E-state index in [1.807, 2.05) is 12.3 Å². The van der Waals surface area contributed by atoms with Gasteiger partial charge in [0.25, 0.3) is 0 Å². The maximum Gasteiger partial charge on any atom is 0.225 e. The molecule has 3 rings (SSSR count). The summed E-state index contributed by atoms with van der Waals surface area (Å²) in [6.07, 6.45) is 0.917. The first kappa shape index (κ1) is 16.1. The van der Waals surface area contributed by atoms with E-state index in [1.54, 1.807) is 11.8 Å². The SMILES string of the molecule is CCc1nnc2n1CCN(Cc1csc(N(CC)C(C)=O)n1)C2. The van der Waals surface area contributed by atoms with E-state index in [4.69, 9.17) is 0 Å². The summed E-state index contributed by atoms with van der Waals surface area (Å²) in [5.41, 5.74) is 1.01. The summed E-state index contributed by atoms with van der Waals surface area (Å²) in [5.74, 6) is 2.13. The Kier molecular flexibility index (Phi) is 4.72. The van der Waals surface area contributed by atoms with E-state index >= 15 is 0 Å². The molecule has 0 fully saturated rings. The lowest BCUT2D eigenvalue weighted by atomic mass is 10.3. The predicted molar refractivity (Wildman–Crippen MR) is 89.3 cm³/mol. The van der Waals surface area contributed by atoms with E-state index in [-0.39, 0.29) is 5.91 Å². The van der Waals surface area contributed by atoms with Gasteiger partial charge in [-0.1, -0.05) is 6.92 Å². The van der Waals surface area contributed by atoms with Crippen molar-refractivity contribution >= 4 is 22.4 Å². The second kappa shape index (κ2) is 6.76. The Morgan fingerprint density at radius 1 is 1.35 bits per heavy atom. The minimum atomic E-state index is 0.0339. The van der Waals surface area contributed by atoms with Crippen molar-refractivity contribution < 1.29 is 4.79 Å². The van der Waals surface area contributed by atoms with Crippen LogP contribution < -0.4 is 4.90 Å². The standard InChI is InChI=1S/C15H22N6OS/c1-4-13-17-18-14-9-19(6-7-21(13)14)8-12-10-23-15(16-12)20(5-2)11(3)22/h10H,4-9H2,1-3H3. The van der Waals surface area contributed by atoms with E-state index in [9.17, 15) is 4.79 Å². The zero-order chi connectivity index (χ0) is 16.4. The second-order valence-corrected chi connectivity index (χ2v) is 6.47. The van der Waals surface area contributed by atoms with Crippen LogP contribution >= 0.6 is 11.3 Å². The fourth-order valence-electron chi connectivity index (χ4n) is 2.88. The first-order valence-electron chi connectivity index (χ1n) is 7.98. The number of fused-ring (bicyclic) bond motifs is 1. The number of nitrogens with zero attached hydrogens (tertiary/aromatic N) is 6. The highest BCUT2D eigenvalue weighted by Gasteiger charge is 2.21. The zero-order valence-electron chi connectivity index (χ0n) is 13.8. The average molecular weight is 334 g/mol. The van der Waals surface area contributed by atoms with Crippen molar-refractivity contribution in [3.8, 4) is 0 Å². The van der Waals surface area contributed by atoms with Crippen molar-refractivity contribution in [3.05, 3.63) is 22.7 Å². The van der Waals surface area contributed by atoms with Gasteiger partial charge in [-0.2, -0.15) is 0 Å². The first-order chi connectivity index (χ1) is 11.1. The molecule has 0 bridgehead atoms. The Bertz CT molecular complexity index is 694. The summed E-state index contributed by atoms with van der Waals surface area (Å²) in [6.45, 7) is 9.76. The van der Waals surface area contributed by atoms with Crippen molar-refractivity contribution in [1.29, 1.82) is 0 Å². The molecular weight excluding hydrogens is 312 g/mol. The second-order valence-electron chi connectivity index (χ2n) is 5.63. The number of anilines is 1. The van der Waals surface area contributed by atoms with Crippen molar-refractivity contribution in [3.63, 3.8) is 0 Å². The normalized spacial score (nSPS) is 14.7. The number of amides is 1. The lowest BCUT2D eigenvalue weighted by Crippen LogP contribution is -2.34. The number of hydrogen-bond acceptors (Lipinski definition) is 6. The van der Waals surface area contributed by atoms with Gasteiger partial charge in [-0.3, -0.25) is 14.6 Å². The Hall–Kier alpha value is -1.80. The molecule has 3 heterocycles. The monoisotopic (exact) mass is 334 g/mol. The van der Waals surface area contributed by atoms with Gasteiger partial charge in [0.2, 0.25) is 5.91 Å². The number of aromatic nitrogens is 4. The Balaban J connectivity index is 1.67. The average Bonchev–Trinajstić information content (AvgIpc) is 3.14. The Morgan fingerprint density at radius 3 is 2.87 bits per heavy atom. The van der Waals surface area contributed by atoms with E-state index in [0.29, 0.717) is 6.54 Å². The molecule has 0 spiro atoms. The van der Waals surface area contributed by atoms with Crippen LogP contribution in [0, 0.1) is 0 Å². The topological polar surface area (TPSA) is 67.2 Å². The molecule has 7 nitrogen and oxygen atoms in total. The third-order valence-electron chi connectivity index (χ3n) is 4.08. The minimum Gasteiger partial charge on any atom is -0.313 e. The molecule has 0 aromatic carbocycles. The van der Waals surface area contributed by atoms with Crippen molar-refractivity contribution in [2.24, 2.45) is 0 Å². The van der Waals surface area contributed by atoms with Crippen LogP contribution in [0.15, 0.2) is 5.38 Å². The number of hydrogen-bond donors (Lipinski definition) is 0. The van der Waals surface area contributed by atoms with Crippen LogP contribution in [0.2, 0.25) is 0 Å². The summed E-state index contributed by atoms with van der Waals surface area (Å²) < 4.78 is 2.22. The lowest BCUT2D eigenvalue weighted by Gasteiger charge is -2.26. The number of thiazole rings is 1. The molecule has 0 saturated carbocycles. The molecule has 0 unspecified atom stereocenters. The van der Waals surface area contributed by atoms with Gasteiger partial charge in [-0.25, -0.2) is 4.98 Å². The highest BCUT2D eigenvalue weighted by molar-refractivity contribution is 7.14. The molecule has 0 N–H and O–H groups in total. The van der Waals surface area contributed by atoms with E-state index in [2.05, 4.69) is 31.6 Å². The molecule has 0 radical (unpaired) electrons. The first-order valence-corrected chi connectivity index (χ1v) is 8.86. The van der Waals surface area contributed by atoms with Crippen LogP contribution in [0.3, 0.4) is 0 Å². The van der Waals surface area contributed by atoms with Gasteiger partial charge in [0.1, 0.15) is 11.6 Å². The molecule has 23 heavy (non-hydrogen) atoms. The predicted octanol–water partition coefficient (Wildman–Crippen LogP) is 1.69.